The highest BCUT2D eigenvalue weighted by atomic mass is 79.9. The van der Waals surface area contributed by atoms with Crippen LogP contribution < -0.4 is 0 Å². The second-order valence-electron chi connectivity index (χ2n) is 4.33. The minimum atomic E-state index is -1.07. The maximum atomic E-state index is 13.6. The largest absolute Gasteiger partial charge is 0.383 e. The first-order chi connectivity index (χ1) is 7.88. The molecule has 1 aromatic carbocycles. The number of imidazole rings is 1. The molecular formula is C12H12BrFN2O. The molecule has 5 heteroatoms. The Hall–Kier alpha value is -1.20. The molecule has 0 radical (unpaired) electrons. The number of benzene rings is 1. The molecule has 0 aliphatic heterocycles. The first-order valence-electron chi connectivity index (χ1n) is 5.11. The molecule has 1 heterocycles. The molecular weight excluding hydrogens is 287 g/mol. The van der Waals surface area contributed by atoms with E-state index in [0.29, 0.717) is 17.1 Å². The highest BCUT2D eigenvalue weighted by molar-refractivity contribution is 9.10. The summed E-state index contributed by atoms with van der Waals surface area (Å²) >= 11 is 3.29. The lowest BCUT2D eigenvalue weighted by atomic mass is 10.1. The Balaban J connectivity index is 2.47. The molecule has 0 saturated heterocycles. The van der Waals surface area contributed by atoms with E-state index in [9.17, 15) is 9.50 Å². The Morgan fingerprint density at radius 2 is 2.12 bits per heavy atom. The van der Waals surface area contributed by atoms with Crippen LogP contribution in [0.25, 0.3) is 11.3 Å². The molecule has 90 valence electrons. The highest BCUT2D eigenvalue weighted by Gasteiger charge is 2.20. The van der Waals surface area contributed by atoms with Crippen LogP contribution in [0.5, 0.6) is 0 Å². The van der Waals surface area contributed by atoms with Crippen molar-refractivity contribution in [1.29, 1.82) is 0 Å². The number of aromatic nitrogens is 2. The zero-order chi connectivity index (χ0) is 12.6. The van der Waals surface area contributed by atoms with E-state index in [0.717, 1.165) is 4.47 Å². The van der Waals surface area contributed by atoms with Crippen LogP contribution in [-0.4, -0.2) is 15.1 Å². The van der Waals surface area contributed by atoms with Crippen LogP contribution in [0.15, 0.2) is 28.9 Å². The second-order valence-corrected chi connectivity index (χ2v) is 5.24. The molecule has 3 nitrogen and oxygen atoms in total. The van der Waals surface area contributed by atoms with Gasteiger partial charge in [0.25, 0.3) is 0 Å². The van der Waals surface area contributed by atoms with Gasteiger partial charge in [0, 0.05) is 10.0 Å². The van der Waals surface area contributed by atoms with E-state index < -0.39 is 5.60 Å². The van der Waals surface area contributed by atoms with Crippen LogP contribution >= 0.6 is 15.9 Å². The van der Waals surface area contributed by atoms with E-state index in [-0.39, 0.29) is 5.82 Å². The monoisotopic (exact) mass is 298 g/mol. The summed E-state index contributed by atoms with van der Waals surface area (Å²) in [5.41, 5.74) is -0.107. The average molecular weight is 299 g/mol. The van der Waals surface area contributed by atoms with Gasteiger partial charge in [0.2, 0.25) is 0 Å². The molecule has 2 N–H and O–H groups in total. The second kappa shape index (κ2) is 4.23. The molecule has 1 aromatic heterocycles. The standard InChI is InChI=1S/C12H12BrFN2O/c1-12(2,17)11-15-6-10(16-11)8-5-7(13)3-4-9(8)14/h3-6,17H,1-2H3,(H,15,16). The summed E-state index contributed by atoms with van der Waals surface area (Å²) in [5.74, 6) is 0.0750. The Morgan fingerprint density at radius 3 is 2.71 bits per heavy atom. The molecule has 0 fully saturated rings. The van der Waals surface area contributed by atoms with Gasteiger partial charge in [-0.1, -0.05) is 15.9 Å². The fraction of sp³-hybridized carbons (Fsp3) is 0.250. The van der Waals surface area contributed by atoms with Gasteiger partial charge in [-0.05, 0) is 32.0 Å². The van der Waals surface area contributed by atoms with Gasteiger partial charge in [0.15, 0.2) is 0 Å². The quantitative estimate of drug-likeness (QED) is 0.894. The summed E-state index contributed by atoms with van der Waals surface area (Å²) in [7, 11) is 0. The summed E-state index contributed by atoms with van der Waals surface area (Å²) in [6, 6.07) is 4.67. The van der Waals surface area contributed by atoms with E-state index in [1.165, 1.54) is 12.3 Å². The number of hydrogen-bond acceptors (Lipinski definition) is 2. The van der Waals surface area contributed by atoms with Crippen molar-refractivity contribution < 1.29 is 9.50 Å². The third-order valence-electron chi connectivity index (χ3n) is 2.37. The SMILES string of the molecule is CC(C)(O)c1ncc(-c2cc(Br)ccc2F)[nH]1. The van der Waals surface area contributed by atoms with Crippen LogP contribution in [0, 0.1) is 5.82 Å². The van der Waals surface area contributed by atoms with Gasteiger partial charge in [-0.3, -0.25) is 0 Å². The normalized spacial score (nSPS) is 11.8. The molecule has 0 aliphatic carbocycles. The van der Waals surface area contributed by atoms with Crippen molar-refractivity contribution in [1.82, 2.24) is 9.97 Å². The Kier molecular flexibility index (Phi) is 3.05. The zero-order valence-corrected chi connectivity index (χ0v) is 11.0. The van der Waals surface area contributed by atoms with E-state index in [1.807, 2.05) is 0 Å². The van der Waals surface area contributed by atoms with Crippen molar-refractivity contribution in [3.63, 3.8) is 0 Å². The van der Waals surface area contributed by atoms with Gasteiger partial charge >= 0.3 is 0 Å². The number of aliphatic hydroxyl groups is 1. The minimum absolute atomic E-state index is 0.334. The van der Waals surface area contributed by atoms with Crippen LogP contribution in [0.2, 0.25) is 0 Å². The molecule has 0 atom stereocenters. The van der Waals surface area contributed by atoms with Crippen molar-refractivity contribution >= 4 is 15.9 Å². The Morgan fingerprint density at radius 1 is 1.41 bits per heavy atom. The maximum Gasteiger partial charge on any atom is 0.138 e. The topological polar surface area (TPSA) is 48.9 Å². The summed E-state index contributed by atoms with van der Waals surface area (Å²) in [4.78, 5) is 6.96. The van der Waals surface area contributed by atoms with Crippen molar-refractivity contribution in [3.8, 4) is 11.3 Å². The molecule has 2 aromatic rings. The van der Waals surface area contributed by atoms with Crippen molar-refractivity contribution in [2.75, 3.05) is 0 Å². The number of halogens is 2. The lowest BCUT2D eigenvalue weighted by Gasteiger charge is -2.13. The first kappa shape index (κ1) is 12.3. The number of rotatable bonds is 2. The Bertz CT molecular complexity index is 546. The lowest BCUT2D eigenvalue weighted by molar-refractivity contribution is 0.0697. The lowest BCUT2D eigenvalue weighted by Crippen LogP contribution is -2.17. The van der Waals surface area contributed by atoms with Gasteiger partial charge in [0.05, 0.1) is 11.9 Å². The van der Waals surface area contributed by atoms with Crippen LogP contribution in [-0.2, 0) is 5.60 Å². The predicted octanol–water partition coefficient (Wildman–Crippen LogP) is 3.21. The fourth-order valence-corrected chi connectivity index (χ4v) is 1.83. The van der Waals surface area contributed by atoms with Gasteiger partial charge in [-0.25, -0.2) is 9.37 Å². The number of aromatic amines is 1. The molecule has 0 saturated carbocycles. The van der Waals surface area contributed by atoms with E-state index in [2.05, 4.69) is 25.9 Å². The smallest absolute Gasteiger partial charge is 0.138 e. The number of nitrogens with zero attached hydrogens (tertiary/aromatic N) is 1. The number of hydrogen-bond donors (Lipinski definition) is 2. The Labute approximate surface area is 107 Å². The first-order valence-corrected chi connectivity index (χ1v) is 5.90. The maximum absolute atomic E-state index is 13.6. The summed E-state index contributed by atoms with van der Waals surface area (Å²) in [6.45, 7) is 3.24. The molecule has 0 bridgehead atoms. The molecule has 0 aliphatic rings. The van der Waals surface area contributed by atoms with Crippen LogP contribution in [0.4, 0.5) is 4.39 Å². The van der Waals surface area contributed by atoms with Gasteiger partial charge in [-0.2, -0.15) is 0 Å². The summed E-state index contributed by atoms with van der Waals surface area (Å²) < 4.78 is 14.4. The fourth-order valence-electron chi connectivity index (χ4n) is 1.47. The predicted molar refractivity (Wildman–Crippen MR) is 66.9 cm³/mol. The van der Waals surface area contributed by atoms with Crippen molar-refractivity contribution in [2.24, 2.45) is 0 Å². The summed E-state index contributed by atoms with van der Waals surface area (Å²) in [5, 5.41) is 9.78. The molecule has 0 amide bonds. The number of H-pyrrole nitrogens is 1. The number of nitrogens with one attached hydrogen (secondary N) is 1. The van der Waals surface area contributed by atoms with Crippen molar-refractivity contribution in [2.45, 2.75) is 19.4 Å². The molecule has 17 heavy (non-hydrogen) atoms. The van der Waals surface area contributed by atoms with Gasteiger partial charge in [-0.15, -0.1) is 0 Å². The van der Waals surface area contributed by atoms with Gasteiger partial charge in [0.1, 0.15) is 17.2 Å². The molecule has 2 rings (SSSR count). The van der Waals surface area contributed by atoms with Gasteiger partial charge < -0.3 is 10.1 Å². The average Bonchev–Trinajstić information content (AvgIpc) is 2.70. The van der Waals surface area contributed by atoms with Crippen LogP contribution in [0.1, 0.15) is 19.7 Å². The van der Waals surface area contributed by atoms with Crippen molar-refractivity contribution in [3.05, 3.63) is 40.5 Å². The summed E-state index contributed by atoms with van der Waals surface area (Å²) in [6.07, 6.45) is 1.51. The van der Waals surface area contributed by atoms with Crippen LogP contribution in [0.3, 0.4) is 0 Å². The third-order valence-corrected chi connectivity index (χ3v) is 2.87. The zero-order valence-electron chi connectivity index (χ0n) is 9.46. The van der Waals surface area contributed by atoms with E-state index >= 15 is 0 Å². The third kappa shape index (κ3) is 2.56. The highest BCUT2D eigenvalue weighted by Crippen LogP contribution is 2.26. The van der Waals surface area contributed by atoms with E-state index in [4.69, 9.17) is 0 Å². The van der Waals surface area contributed by atoms with E-state index in [1.54, 1.807) is 26.0 Å². The minimum Gasteiger partial charge on any atom is -0.383 e. The molecule has 0 unspecified atom stereocenters. The molecule has 0 spiro atoms.